The van der Waals surface area contributed by atoms with Gasteiger partial charge in [-0.15, -0.1) is 0 Å². The van der Waals surface area contributed by atoms with Gasteiger partial charge in [0.15, 0.2) is 0 Å². The van der Waals surface area contributed by atoms with Gasteiger partial charge in [-0.05, 0) is 69.0 Å². The molecule has 1 aromatic heterocycles. The molecular weight excluding hydrogens is 422 g/mol. The first-order valence-electron chi connectivity index (χ1n) is 11.4. The average molecular weight is 454 g/mol. The standard InChI is InChI=1S/C26H32ClN3O2/c1-18(2)29-14-12-21(13-15-29)28-26(31)24-17-22-23(5-4-6-25(22)32-3)30(24)16-11-19-7-9-20(27)10-8-19/h4-10,17-18,21H,11-16H2,1-3H3,(H,28,31). The van der Waals surface area contributed by atoms with Crippen LogP contribution >= 0.6 is 11.6 Å². The van der Waals surface area contributed by atoms with Gasteiger partial charge in [0, 0.05) is 42.1 Å². The number of aromatic nitrogens is 1. The van der Waals surface area contributed by atoms with Crippen LogP contribution in [0.25, 0.3) is 10.9 Å². The van der Waals surface area contributed by atoms with E-state index in [4.69, 9.17) is 16.3 Å². The fraction of sp³-hybridized carbons (Fsp3) is 0.423. The molecule has 1 aliphatic rings. The molecule has 4 rings (SSSR count). The van der Waals surface area contributed by atoms with E-state index in [2.05, 4.69) is 34.7 Å². The fourth-order valence-corrected chi connectivity index (χ4v) is 4.70. The van der Waals surface area contributed by atoms with Crippen LogP contribution in [0.4, 0.5) is 0 Å². The number of rotatable bonds is 7. The van der Waals surface area contributed by atoms with Crippen LogP contribution in [0.1, 0.15) is 42.7 Å². The van der Waals surface area contributed by atoms with E-state index in [0.29, 0.717) is 18.3 Å². The highest BCUT2D eigenvalue weighted by molar-refractivity contribution is 6.30. The quantitative estimate of drug-likeness (QED) is 0.538. The molecule has 170 valence electrons. The third kappa shape index (κ3) is 4.94. The lowest BCUT2D eigenvalue weighted by molar-refractivity contribution is 0.0892. The lowest BCUT2D eigenvalue weighted by Gasteiger charge is -2.34. The zero-order valence-corrected chi connectivity index (χ0v) is 19.9. The first-order chi connectivity index (χ1) is 15.5. The normalized spacial score (nSPS) is 15.4. The molecule has 5 nitrogen and oxygen atoms in total. The highest BCUT2D eigenvalue weighted by Gasteiger charge is 2.24. The van der Waals surface area contributed by atoms with Crippen molar-refractivity contribution in [2.45, 2.75) is 51.7 Å². The maximum absolute atomic E-state index is 13.4. The molecule has 0 bridgehead atoms. The second kappa shape index (κ2) is 9.97. The molecule has 1 amide bonds. The van der Waals surface area contributed by atoms with Gasteiger partial charge in [-0.25, -0.2) is 0 Å². The molecule has 1 aliphatic heterocycles. The lowest BCUT2D eigenvalue weighted by Crippen LogP contribution is -2.46. The largest absolute Gasteiger partial charge is 0.496 e. The number of aryl methyl sites for hydroxylation is 2. The van der Waals surface area contributed by atoms with Gasteiger partial charge in [0.05, 0.1) is 12.6 Å². The van der Waals surface area contributed by atoms with Gasteiger partial charge in [-0.1, -0.05) is 29.8 Å². The number of carbonyl (C=O) groups excluding carboxylic acids is 1. The van der Waals surface area contributed by atoms with Crippen LogP contribution in [0, 0.1) is 0 Å². The second-order valence-electron chi connectivity index (χ2n) is 8.83. The molecule has 0 saturated carbocycles. The Kier molecular flexibility index (Phi) is 7.07. The van der Waals surface area contributed by atoms with Crippen LogP contribution in [0.2, 0.25) is 5.02 Å². The summed E-state index contributed by atoms with van der Waals surface area (Å²) in [5, 5.41) is 4.99. The minimum Gasteiger partial charge on any atom is -0.496 e. The monoisotopic (exact) mass is 453 g/mol. The molecule has 6 heteroatoms. The Morgan fingerprint density at radius 3 is 2.53 bits per heavy atom. The zero-order chi connectivity index (χ0) is 22.7. The van der Waals surface area contributed by atoms with E-state index < -0.39 is 0 Å². The van der Waals surface area contributed by atoms with Gasteiger partial charge >= 0.3 is 0 Å². The van der Waals surface area contributed by atoms with Crippen LogP contribution in [-0.4, -0.2) is 47.7 Å². The number of carbonyl (C=O) groups is 1. The molecule has 2 aromatic carbocycles. The average Bonchev–Trinajstić information content (AvgIpc) is 3.18. The summed E-state index contributed by atoms with van der Waals surface area (Å²) < 4.78 is 7.69. The van der Waals surface area contributed by atoms with Crippen LogP contribution < -0.4 is 10.1 Å². The molecule has 1 fully saturated rings. The minimum absolute atomic E-state index is 0.0117. The number of hydrogen-bond acceptors (Lipinski definition) is 3. The van der Waals surface area contributed by atoms with Crippen LogP contribution in [0.3, 0.4) is 0 Å². The van der Waals surface area contributed by atoms with Gasteiger partial charge in [0.1, 0.15) is 11.4 Å². The number of amides is 1. The van der Waals surface area contributed by atoms with E-state index in [1.165, 1.54) is 5.56 Å². The van der Waals surface area contributed by atoms with Crippen molar-refractivity contribution in [1.82, 2.24) is 14.8 Å². The summed E-state index contributed by atoms with van der Waals surface area (Å²) in [6.07, 6.45) is 2.78. The molecule has 1 saturated heterocycles. The zero-order valence-electron chi connectivity index (χ0n) is 19.1. The van der Waals surface area contributed by atoms with E-state index in [1.807, 2.05) is 42.5 Å². The SMILES string of the molecule is COc1cccc2c1cc(C(=O)NC1CCN(C(C)C)CC1)n2CCc1ccc(Cl)cc1. The van der Waals surface area contributed by atoms with Gasteiger partial charge in [0.2, 0.25) is 0 Å². The van der Waals surface area contributed by atoms with Crippen molar-refractivity contribution in [2.24, 2.45) is 0 Å². The van der Waals surface area contributed by atoms with E-state index in [9.17, 15) is 4.79 Å². The maximum atomic E-state index is 13.4. The van der Waals surface area contributed by atoms with E-state index in [0.717, 1.165) is 54.0 Å². The molecule has 0 radical (unpaired) electrons. The van der Waals surface area contributed by atoms with Crippen molar-refractivity contribution in [3.63, 3.8) is 0 Å². The summed E-state index contributed by atoms with van der Waals surface area (Å²) in [7, 11) is 1.67. The molecule has 0 spiro atoms. The number of nitrogens with zero attached hydrogens (tertiary/aromatic N) is 2. The Bertz CT molecular complexity index is 1070. The van der Waals surface area contributed by atoms with Crippen molar-refractivity contribution >= 4 is 28.4 Å². The third-order valence-electron chi connectivity index (χ3n) is 6.49. The minimum atomic E-state index is -0.0117. The number of piperidine rings is 1. The van der Waals surface area contributed by atoms with E-state index in [1.54, 1.807) is 7.11 Å². The summed E-state index contributed by atoms with van der Waals surface area (Å²) in [6.45, 7) is 7.20. The van der Waals surface area contributed by atoms with Gasteiger partial charge in [-0.2, -0.15) is 0 Å². The van der Waals surface area contributed by atoms with Gasteiger partial charge < -0.3 is 19.5 Å². The topological polar surface area (TPSA) is 46.5 Å². The molecule has 32 heavy (non-hydrogen) atoms. The summed E-state index contributed by atoms with van der Waals surface area (Å²) in [5.74, 6) is 0.773. The molecular formula is C26H32ClN3O2. The predicted molar refractivity (Wildman–Crippen MR) is 131 cm³/mol. The number of ether oxygens (including phenoxy) is 1. The Balaban J connectivity index is 1.57. The number of fused-ring (bicyclic) bond motifs is 1. The van der Waals surface area contributed by atoms with Crippen molar-refractivity contribution in [3.05, 3.63) is 64.8 Å². The van der Waals surface area contributed by atoms with Gasteiger partial charge in [0.25, 0.3) is 5.91 Å². The molecule has 0 aliphatic carbocycles. The Morgan fingerprint density at radius 2 is 1.88 bits per heavy atom. The smallest absolute Gasteiger partial charge is 0.268 e. The first kappa shape index (κ1) is 22.7. The number of halogens is 1. The molecule has 2 heterocycles. The van der Waals surface area contributed by atoms with Crippen LogP contribution in [0.15, 0.2) is 48.5 Å². The molecule has 0 unspecified atom stereocenters. The van der Waals surface area contributed by atoms with Crippen molar-refractivity contribution < 1.29 is 9.53 Å². The van der Waals surface area contributed by atoms with Crippen molar-refractivity contribution in [2.75, 3.05) is 20.2 Å². The highest BCUT2D eigenvalue weighted by atomic mass is 35.5. The summed E-state index contributed by atoms with van der Waals surface area (Å²) >= 11 is 6.03. The number of benzene rings is 2. The lowest BCUT2D eigenvalue weighted by atomic mass is 10.0. The summed E-state index contributed by atoms with van der Waals surface area (Å²) in [4.78, 5) is 15.8. The molecule has 0 atom stereocenters. The second-order valence-corrected chi connectivity index (χ2v) is 9.26. The molecule has 3 aromatic rings. The fourth-order valence-electron chi connectivity index (χ4n) is 4.58. The van der Waals surface area contributed by atoms with Crippen molar-refractivity contribution in [3.8, 4) is 5.75 Å². The van der Waals surface area contributed by atoms with Crippen LogP contribution in [-0.2, 0) is 13.0 Å². The van der Waals surface area contributed by atoms with Crippen LogP contribution in [0.5, 0.6) is 5.75 Å². The summed E-state index contributed by atoms with van der Waals surface area (Å²) in [6, 6.07) is 16.6. The maximum Gasteiger partial charge on any atom is 0.268 e. The number of nitrogens with one attached hydrogen (secondary N) is 1. The van der Waals surface area contributed by atoms with E-state index in [-0.39, 0.29) is 11.9 Å². The first-order valence-corrected chi connectivity index (χ1v) is 11.8. The van der Waals surface area contributed by atoms with Gasteiger partial charge in [-0.3, -0.25) is 4.79 Å². The van der Waals surface area contributed by atoms with E-state index >= 15 is 0 Å². The highest BCUT2D eigenvalue weighted by Crippen LogP contribution is 2.29. The summed E-state index contributed by atoms with van der Waals surface area (Å²) in [5.41, 5.74) is 2.88. The molecule has 1 N–H and O–H groups in total. The third-order valence-corrected chi connectivity index (χ3v) is 6.74. The number of likely N-dealkylation sites (tertiary alicyclic amines) is 1. The Labute approximate surface area is 195 Å². The number of hydrogen-bond donors (Lipinski definition) is 1. The van der Waals surface area contributed by atoms with Crippen molar-refractivity contribution in [1.29, 1.82) is 0 Å². The Morgan fingerprint density at radius 1 is 1.16 bits per heavy atom. The predicted octanol–water partition coefficient (Wildman–Crippen LogP) is 5.15. The number of methoxy groups -OCH3 is 1. The Hall–Kier alpha value is -2.50.